The summed E-state index contributed by atoms with van der Waals surface area (Å²) >= 11 is 6.35. The molecule has 0 fully saturated rings. The van der Waals surface area contributed by atoms with Crippen molar-refractivity contribution in [1.29, 1.82) is 0 Å². The van der Waals surface area contributed by atoms with Crippen LogP contribution in [0, 0.1) is 5.82 Å². The molecule has 2 aromatic carbocycles. The third kappa shape index (κ3) is 5.40. The third-order valence-corrected chi connectivity index (χ3v) is 4.47. The smallest absolute Gasteiger partial charge is 0.363 e. The standard InChI is InChI=1S/C22H20ClFN2O5/c1-4-29-18-11-13(9-16(23)20(18)30-12-19(27)26(2)3)10-17-22(28)31-21(25-17)14-5-7-15(24)8-6-14/h5-11H,4,12H2,1-3H3/b17-10-. The van der Waals surface area contributed by atoms with Gasteiger partial charge in [-0.1, -0.05) is 11.6 Å². The number of benzene rings is 2. The number of cyclic esters (lactones) is 1. The van der Waals surface area contributed by atoms with Crippen LogP contribution in [0.2, 0.25) is 5.02 Å². The molecular formula is C22H20ClFN2O5. The molecule has 1 aliphatic rings. The summed E-state index contributed by atoms with van der Waals surface area (Å²) in [5.74, 6) is -0.661. The van der Waals surface area contributed by atoms with E-state index in [-0.39, 0.29) is 34.9 Å². The maximum absolute atomic E-state index is 13.1. The lowest BCUT2D eigenvalue weighted by molar-refractivity contribution is -0.131. The van der Waals surface area contributed by atoms with Crippen LogP contribution in [-0.2, 0) is 14.3 Å². The van der Waals surface area contributed by atoms with Crippen molar-refractivity contribution in [3.8, 4) is 11.5 Å². The normalized spacial score (nSPS) is 14.3. The minimum Gasteiger partial charge on any atom is -0.490 e. The van der Waals surface area contributed by atoms with Gasteiger partial charge in [-0.05, 0) is 55.0 Å². The van der Waals surface area contributed by atoms with Crippen molar-refractivity contribution in [3.63, 3.8) is 0 Å². The molecule has 0 aromatic heterocycles. The quantitative estimate of drug-likeness (QED) is 0.479. The predicted molar refractivity (Wildman–Crippen MR) is 114 cm³/mol. The van der Waals surface area contributed by atoms with E-state index in [1.54, 1.807) is 33.2 Å². The monoisotopic (exact) mass is 446 g/mol. The van der Waals surface area contributed by atoms with Gasteiger partial charge in [0.05, 0.1) is 11.6 Å². The lowest BCUT2D eigenvalue weighted by Crippen LogP contribution is -2.27. The molecular weight excluding hydrogens is 427 g/mol. The molecule has 7 nitrogen and oxygen atoms in total. The van der Waals surface area contributed by atoms with Gasteiger partial charge in [0.2, 0.25) is 5.90 Å². The first-order valence-electron chi connectivity index (χ1n) is 9.36. The molecule has 0 atom stereocenters. The predicted octanol–water partition coefficient (Wildman–Crippen LogP) is 3.69. The summed E-state index contributed by atoms with van der Waals surface area (Å²) in [6.45, 7) is 1.93. The first-order chi connectivity index (χ1) is 14.8. The molecule has 0 radical (unpaired) electrons. The van der Waals surface area contributed by atoms with Crippen LogP contribution < -0.4 is 9.47 Å². The molecule has 1 aliphatic heterocycles. The summed E-state index contributed by atoms with van der Waals surface area (Å²) in [6.07, 6.45) is 1.49. The summed E-state index contributed by atoms with van der Waals surface area (Å²) in [6, 6.07) is 8.62. The van der Waals surface area contributed by atoms with Crippen LogP contribution in [0.1, 0.15) is 18.1 Å². The lowest BCUT2D eigenvalue weighted by Gasteiger charge is -2.16. The Balaban J connectivity index is 1.89. The molecule has 0 saturated heterocycles. The topological polar surface area (TPSA) is 77.4 Å². The van der Waals surface area contributed by atoms with Gasteiger partial charge in [-0.3, -0.25) is 4.79 Å². The second-order valence-electron chi connectivity index (χ2n) is 6.68. The molecule has 0 N–H and O–H groups in total. The summed E-state index contributed by atoms with van der Waals surface area (Å²) in [5, 5.41) is 0.207. The van der Waals surface area contributed by atoms with Gasteiger partial charge in [-0.15, -0.1) is 0 Å². The average molecular weight is 447 g/mol. The Morgan fingerprint density at radius 2 is 1.94 bits per heavy atom. The van der Waals surface area contributed by atoms with E-state index in [2.05, 4.69) is 4.99 Å². The molecule has 0 spiro atoms. The number of carbonyl (C=O) groups is 2. The zero-order chi connectivity index (χ0) is 22.5. The molecule has 162 valence electrons. The van der Waals surface area contributed by atoms with Gasteiger partial charge < -0.3 is 19.1 Å². The molecule has 1 amide bonds. The van der Waals surface area contributed by atoms with Gasteiger partial charge in [0.1, 0.15) is 5.82 Å². The molecule has 0 aliphatic carbocycles. The summed E-state index contributed by atoms with van der Waals surface area (Å²) in [5.41, 5.74) is 1.05. The Morgan fingerprint density at radius 3 is 2.58 bits per heavy atom. The number of halogens is 2. The van der Waals surface area contributed by atoms with Crippen molar-refractivity contribution in [1.82, 2.24) is 4.90 Å². The highest BCUT2D eigenvalue weighted by molar-refractivity contribution is 6.32. The second-order valence-corrected chi connectivity index (χ2v) is 7.09. The molecule has 9 heteroatoms. The number of esters is 1. The van der Waals surface area contributed by atoms with Gasteiger partial charge in [-0.25, -0.2) is 14.2 Å². The maximum Gasteiger partial charge on any atom is 0.363 e. The summed E-state index contributed by atoms with van der Waals surface area (Å²) in [7, 11) is 3.24. The van der Waals surface area contributed by atoms with Crippen LogP contribution in [-0.4, -0.2) is 50.0 Å². The first-order valence-corrected chi connectivity index (χ1v) is 9.74. The zero-order valence-electron chi connectivity index (χ0n) is 17.1. The highest BCUT2D eigenvalue weighted by Gasteiger charge is 2.24. The maximum atomic E-state index is 13.1. The van der Waals surface area contributed by atoms with Crippen LogP contribution >= 0.6 is 11.6 Å². The van der Waals surface area contributed by atoms with Crippen LogP contribution in [0.15, 0.2) is 47.1 Å². The van der Waals surface area contributed by atoms with E-state index in [4.69, 9.17) is 25.8 Å². The number of carbonyl (C=O) groups excluding carboxylic acids is 2. The van der Waals surface area contributed by atoms with Crippen molar-refractivity contribution in [2.75, 3.05) is 27.3 Å². The number of hydrogen-bond donors (Lipinski definition) is 0. The van der Waals surface area contributed by atoms with Gasteiger partial charge in [0, 0.05) is 19.7 Å². The Hall–Kier alpha value is -3.39. The molecule has 2 aromatic rings. The van der Waals surface area contributed by atoms with E-state index in [0.29, 0.717) is 23.5 Å². The van der Waals surface area contributed by atoms with Crippen LogP contribution in [0.25, 0.3) is 6.08 Å². The second kappa shape index (κ2) is 9.61. The first kappa shape index (κ1) is 22.3. The number of rotatable bonds is 7. The van der Waals surface area contributed by atoms with E-state index in [1.807, 2.05) is 0 Å². The number of hydrogen-bond acceptors (Lipinski definition) is 6. The zero-order valence-corrected chi connectivity index (χ0v) is 17.9. The third-order valence-electron chi connectivity index (χ3n) is 4.19. The lowest BCUT2D eigenvalue weighted by atomic mass is 10.1. The van der Waals surface area contributed by atoms with Crippen molar-refractivity contribution in [2.24, 2.45) is 4.99 Å². The molecule has 3 rings (SSSR count). The Morgan fingerprint density at radius 1 is 1.23 bits per heavy atom. The van der Waals surface area contributed by atoms with Gasteiger partial charge >= 0.3 is 5.97 Å². The van der Waals surface area contributed by atoms with Crippen molar-refractivity contribution in [3.05, 3.63) is 64.1 Å². The SMILES string of the molecule is CCOc1cc(/C=C2\N=C(c3ccc(F)cc3)OC2=O)cc(Cl)c1OCC(=O)N(C)C. The number of likely N-dealkylation sites (N-methyl/N-ethyl adjacent to an activating group) is 1. The average Bonchev–Trinajstić information content (AvgIpc) is 3.08. The Bertz CT molecular complexity index is 1060. The Labute approximate surface area is 183 Å². The summed E-state index contributed by atoms with van der Waals surface area (Å²) < 4.78 is 29.4. The minimum absolute atomic E-state index is 0.0503. The molecule has 1 heterocycles. The molecule has 0 bridgehead atoms. The fourth-order valence-electron chi connectivity index (χ4n) is 2.62. The Kier molecular flexibility index (Phi) is 6.91. The van der Waals surface area contributed by atoms with Gasteiger partial charge in [0.15, 0.2) is 23.8 Å². The van der Waals surface area contributed by atoms with Crippen molar-refractivity contribution in [2.45, 2.75) is 6.92 Å². The van der Waals surface area contributed by atoms with E-state index < -0.39 is 11.8 Å². The molecule has 0 unspecified atom stereocenters. The van der Waals surface area contributed by atoms with Gasteiger partial charge in [0.25, 0.3) is 5.91 Å². The highest BCUT2D eigenvalue weighted by atomic mass is 35.5. The number of nitrogens with zero attached hydrogens (tertiary/aromatic N) is 2. The fraction of sp³-hybridized carbons (Fsp3) is 0.227. The molecule has 0 saturated carbocycles. The van der Waals surface area contributed by atoms with Gasteiger partial charge in [-0.2, -0.15) is 0 Å². The summed E-state index contributed by atoms with van der Waals surface area (Å²) in [4.78, 5) is 29.6. The number of amides is 1. The minimum atomic E-state index is -0.648. The van der Waals surface area contributed by atoms with Crippen LogP contribution in [0.5, 0.6) is 11.5 Å². The number of ether oxygens (including phenoxy) is 3. The largest absolute Gasteiger partial charge is 0.490 e. The van der Waals surface area contributed by atoms with E-state index >= 15 is 0 Å². The highest BCUT2D eigenvalue weighted by Crippen LogP contribution is 2.37. The van der Waals surface area contributed by atoms with Crippen molar-refractivity contribution < 1.29 is 28.2 Å². The fourth-order valence-corrected chi connectivity index (χ4v) is 2.89. The van der Waals surface area contributed by atoms with Crippen LogP contribution in [0.4, 0.5) is 4.39 Å². The van der Waals surface area contributed by atoms with Crippen molar-refractivity contribution >= 4 is 35.5 Å². The number of aliphatic imine (C=N–C) groups is 1. The van der Waals surface area contributed by atoms with E-state index in [0.717, 1.165) is 0 Å². The van der Waals surface area contributed by atoms with E-state index in [1.165, 1.54) is 35.2 Å². The van der Waals surface area contributed by atoms with Crippen LogP contribution in [0.3, 0.4) is 0 Å². The molecule has 31 heavy (non-hydrogen) atoms. The van der Waals surface area contributed by atoms with E-state index in [9.17, 15) is 14.0 Å².